The predicted octanol–water partition coefficient (Wildman–Crippen LogP) is 1.84. The summed E-state index contributed by atoms with van der Waals surface area (Å²) in [5.41, 5.74) is -2.71. The molecule has 7 heteroatoms. The van der Waals surface area contributed by atoms with E-state index in [1.165, 1.54) is 0 Å². The summed E-state index contributed by atoms with van der Waals surface area (Å²) in [5, 5.41) is 40.8. The summed E-state index contributed by atoms with van der Waals surface area (Å²) in [6.45, 7) is -8.57. The van der Waals surface area contributed by atoms with Gasteiger partial charge in [-0.25, -0.2) is 0 Å². The molecular formula is C21H25ClO6. The molecule has 1 fully saturated rings. The summed E-state index contributed by atoms with van der Waals surface area (Å²) in [5.74, 6) is -1.16. The van der Waals surface area contributed by atoms with Gasteiger partial charge in [0.15, 0.2) is 0 Å². The Hall–Kier alpha value is -1.67. The Kier molecular flexibility index (Phi) is 2.83. The maximum atomic E-state index is 10.8. The van der Waals surface area contributed by atoms with Crippen molar-refractivity contribution in [1.29, 1.82) is 0 Å². The quantitative estimate of drug-likeness (QED) is 0.564. The van der Waals surface area contributed by atoms with E-state index in [1.807, 2.05) is 0 Å². The lowest BCUT2D eigenvalue weighted by molar-refractivity contribution is -0.231. The van der Waals surface area contributed by atoms with E-state index in [1.54, 1.807) is 0 Å². The minimum atomic E-state index is -4.14. The predicted molar refractivity (Wildman–Crippen MR) is 105 cm³/mol. The van der Waals surface area contributed by atoms with E-state index in [9.17, 15) is 20.4 Å². The van der Waals surface area contributed by atoms with E-state index in [-0.39, 0.29) is 0 Å². The van der Waals surface area contributed by atoms with Crippen molar-refractivity contribution in [3.8, 4) is 5.75 Å². The van der Waals surface area contributed by atoms with Crippen LogP contribution in [0, 0.1) is 0 Å². The fourth-order valence-corrected chi connectivity index (χ4v) is 2.40. The lowest BCUT2D eigenvalue weighted by atomic mass is 9.90. The third-order valence-electron chi connectivity index (χ3n) is 3.54. The first-order valence-corrected chi connectivity index (χ1v) is 7.96. The normalized spacial score (nSPS) is 50.5. The zero-order valence-corrected chi connectivity index (χ0v) is 14.7. The van der Waals surface area contributed by atoms with Crippen molar-refractivity contribution in [2.45, 2.75) is 43.6 Å². The lowest BCUT2D eigenvalue weighted by Gasteiger charge is -2.40. The number of rotatable bonds is 6. The van der Waals surface area contributed by atoms with Gasteiger partial charge in [0, 0.05) is 11.9 Å². The minimum Gasteiger partial charge on any atom is -0.494 e. The van der Waals surface area contributed by atoms with Crippen LogP contribution in [0.5, 0.6) is 5.75 Å². The molecule has 28 heavy (non-hydrogen) atoms. The molecular weight excluding hydrogens is 384 g/mol. The van der Waals surface area contributed by atoms with E-state index in [2.05, 4.69) is 4.74 Å². The van der Waals surface area contributed by atoms with Gasteiger partial charge in [-0.3, -0.25) is 0 Å². The first kappa shape index (κ1) is 8.60. The van der Waals surface area contributed by atoms with Gasteiger partial charge < -0.3 is 29.9 Å². The van der Waals surface area contributed by atoms with Gasteiger partial charge in [0.2, 0.25) is 0 Å². The van der Waals surface area contributed by atoms with Crippen molar-refractivity contribution in [2.24, 2.45) is 0 Å². The Balaban J connectivity index is 2.28. The van der Waals surface area contributed by atoms with Crippen LogP contribution < -0.4 is 4.74 Å². The first-order valence-electron chi connectivity index (χ1n) is 15.6. The van der Waals surface area contributed by atoms with Gasteiger partial charge in [-0.05, 0) is 48.1 Å². The molecule has 4 N–H and O–H groups in total. The van der Waals surface area contributed by atoms with Crippen molar-refractivity contribution in [3.05, 3.63) is 64.1 Å². The summed E-state index contributed by atoms with van der Waals surface area (Å²) in [7, 11) is 0. The smallest absolute Gasteiger partial charge is 0.119 e. The van der Waals surface area contributed by atoms with E-state index in [4.69, 9.17) is 38.3 Å². The number of halogens is 1. The van der Waals surface area contributed by atoms with Gasteiger partial charge in [0.25, 0.3) is 0 Å². The molecule has 1 aliphatic rings. The maximum absolute atomic E-state index is 10.8. The Bertz CT molecular complexity index is 1450. The average molecular weight is 425 g/mol. The van der Waals surface area contributed by atoms with Crippen molar-refractivity contribution in [3.63, 3.8) is 0 Å². The summed E-state index contributed by atoms with van der Waals surface area (Å²) in [6, 6.07) is -2.49. The van der Waals surface area contributed by atoms with Gasteiger partial charge in [-0.2, -0.15) is 0 Å². The van der Waals surface area contributed by atoms with Gasteiger partial charge >= 0.3 is 0 Å². The molecule has 0 amide bonds. The highest BCUT2D eigenvalue weighted by Crippen LogP contribution is 2.34. The maximum Gasteiger partial charge on any atom is 0.119 e. The third-order valence-corrected chi connectivity index (χ3v) is 3.87. The van der Waals surface area contributed by atoms with Gasteiger partial charge in [-0.15, -0.1) is 0 Å². The van der Waals surface area contributed by atoms with Crippen LogP contribution in [0.1, 0.15) is 51.6 Å². The monoisotopic (exact) mass is 424 g/mol. The molecule has 3 rings (SSSR count). The second kappa shape index (κ2) is 9.22. The number of hydrogen-bond acceptors (Lipinski definition) is 6. The van der Waals surface area contributed by atoms with E-state index in [0.29, 0.717) is 6.07 Å². The molecule has 2 aromatic carbocycles. The van der Waals surface area contributed by atoms with Gasteiger partial charge in [0.05, 0.1) is 28.2 Å². The van der Waals surface area contributed by atoms with Gasteiger partial charge in [-0.1, -0.05) is 35.8 Å². The Morgan fingerprint density at radius 2 is 1.96 bits per heavy atom. The molecule has 6 nitrogen and oxygen atoms in total. The average Bonchev–Trinajstić information content (AvgIpc) is 2.88. The van der Waals surface area contributed by atoms with Crippen LogP contribution in [0.15, 0.2) is 42.4 Å². The molecule has 0 bridgehead atoms. The van der Waals surface area contributed by atoms with Crippen molar-refractivity contribution in [1.82, 2.24) is 0 Å². The van der Waals surface area contributed by atoms with E-state index < -0.39 is 108 Å². The second-order valence-electron chi connectivity index (χ2n) is 5.29. The standard InChI is InChI=1S/C21H25ClO6/c1-2-27-15-6-3-12(4-7-15)9-14-10-13(5-8-16(14)22)21-20(26)19(25)18(24)17(11-23)28-21/h3-8,10,17-21,23-26H,2,9,11H2,1H3/t17-,18-,19+,20-,21+/m1/s1/i1D3,2D2,3D,4D,6D,7D,9D2,17D,18D,19D,20D,21D. The SMILES string of the molecule is [2H]c1c([2H])c(C([2H])([2H])c2cc([C@]3([2H])O[C@]([2H])(CO)[C@@]([2H])(O)[C@]([2H])(O)[C@@]3([2H])O)ccc2Cl)c([2H])c([2H])c1OC([2H])([2H])C([2H])([2H])[2H]. The van der Waals surface area contributed by atoms with Crippen LogP contribution in [-0.2, 0) is 11.1 Å². The molecule has 1 aliphatic heterocycles. The molecule has 0 aromatic heterocycles. The summed E-state index contributed by atoms with van der Waals surface area (Å²) >= 11 is 6.19. The van der Waals surface area contributed by atoms with Crippen LogP contribution in [0.25, 0.3) is 0 Å². The molecule has 0 spiro atoms. The topological polar surface area (TPSA) is 99.4 Å². The number of hydrogen-bond donors (Lipinski definition) is 4. The van der Waals surface area contributed by atoms with E-state index in [0.717, 1.165) is 12.1 Å². The van der Waals surface area contributed by atoms with Gasteiger partial charge in [0.1, 0.15) is 36.1 Å². The fraction of sp³-hybridized carbons (Fsp3) is 0.429. The van der Waals surface area contributed by atoms with Crippen molar-refractivity contribution < 1.29 is 51.8 Å². The summed E-state index contributed by atoms with van der Waals surface area (Å²) in [4.78, 5) is 0. The van der Waals surface area contributed by atoms with Crippen LogP contribution in [0.4, 0.5) is 0 Å². The molecule has 1 heterocycles. The molecule has 0 saturated carbocycles. The Morgan fingerprint density at radius 1 is 1.21 bits per heavy atom. The molecule has 2 aromatic rings. The van der Waals surface area contributed by atoms with E-state index >= 15 is 0 Å². The highest BCUT2D eigenvalue weighted by molar-refractivity contribution is 6.31. The van der Waals surface area contributed by atoms with Crippen molar-refractivity contribution >= 4 is 11.6 Å². The van der Waals surface area contributed by atoms with Crippen LogP contribution in [0.3, 0.4) is 0 Å². The molecule has 152 valence electrons. The Morgan fingerprint density at radius 3 is 2.64 bits per heavy atom. The van der Waals surface area contributed by atoms with Crippen LogP contribution in [0.2, 0.25) is 5.02 Å². The molecule has 0 radical (unpaired) electrons. The zero-order valence-electron chi connectivity index (χ0n) is 29.9. The number of aliphatic hydroxyl groups is 4. The third kappa shape index (κ3) is 4.49. The number of benzene rings is 2. The lowest BCUT2D eigenvalue weighted by Crippen LogP contribution is -2.55. The van der Waals surface area contributed by atoms with Crippen LogP contribution in [-0.4, -0.2) is 57.9 Å². The molecule has 0 aliphatic carbocycles. The van der Waals surface area contributed by atoms with Crippen molar-refractivity contribution in [2.75, 3.05) is 13.2 Å². The number of ether oxygens (including phenoxy) is 2. The summed E-state index contributed by atoms with van der Waals surface area (Å²) in [6.07, 6.45) is -22.3. The second-order valence-corrected chi connectivity index (χ2v) is 5.69. The molecule has 5 atom stereocenters. The minimum absolute atomic E-state index is 0.528. The number of aliphatic hydroxyl groups excluding tert-OH is 1. The molecule has 1 saturated heterocycles. The highest BCUT2D eigenvalue weighted by atomic mass is 35.5. The summed E-state index contributed by atoms with van der Waals surface area (Å²) < 4.78 is 138. The van der Waals surface area contributed by atoms with Crippen LogP contribution >= 0.6 is 11.6 Å². The zero-order chi connectivity index (χ0) is 34.4. The highest BCUT2D eigenvalue weighted by Gasteiger charge is 2.43. The Labute approximate surface area is 191 Å². The largest absolute Gasteiger partial charge is 0.494 e. The first-order chi connectivity index (χ1) is 19.5. The molecule has 0 unspecified atom stereocenters. The fourth-order valence-electron chi connectivity index (χ4n) is 2.24.